The Morgan fingerprint density at radius 1 is 0.952 bits per heavy atom. The molecule has 2 aromatic carbocycles. The van der Waals surface area contributed by atoms with Gasteiger partial charge in [0.25, 0.3) is 0 Å². The summed E-state index contributed by atoms with van der Waals surface area (Å²) in [5.74, 6) is 0.470. The molecule has 6 heteroatoms. The van der Waals surface area contributed by atoms with Gasteiger partial charge in [-0.15, -0.1) is 0 Å². The lowest BCUT2D eigenvalue weighted by atomic mass is 10.0. The number of hydrogen-bond acceptors (Lipinski definition) is 2. The van der Waals surface area contributed by atoms with Gasteiger partial charge in [-0.1, -0.05) is 46.4 Å². The van der Waals surface area contributed by atoms with E-state index in [4.69, 9.17) is 51.1 Å². The third kappa shape index (κ3) is 3.77. The summed E-state index contributed by atoms with van der Waals surface area (Å²) in [6.45, 7) is 2.32. The summed E-state index contributed by atoms with van der Waals surface area (Å²) in [6.07, 6.45) is -1.03. The second kappa shape index (κ2) is 7.08. The van der Waals surface area contributed by atoms with Gasteiger partial charge in [0.1, 0.15) is 11.9 Å². The molecule has 0 aromatic heterocycles. The molecular weight excluding hydrogens is 354 g/mol. The van der Waals surface area contributed by atoms with Gasteiger partial charge in [0.2, 0.25) is 0 Å². The SMILES string of the molecule is CCOc1cc(Cl)c(C(O)c2cc(Cl)ccc2Cl)cc1Cl. The van der Waals surface area contributed by atoms with E-state index >= 15 is 0 Å². The van der Waals surface area contributed by atoms with E-state index in [-0.39, 0.29) is 0 Å². The highest BCUT2D eigenvalue weighted by molar-refractivity contribution is 6.35. The second-order valence-electron chi connectivity index (χ2n) is 4.31. The maximum atomic E-state index is 10.5. The number of aliphatic hydroxyl groups is 1. The topological polar surface area (TPSA) is 29.5 Å². The summed E-state index contributed by atoms with van der Waals surface area (Å²) in [5, 5.41) is 12.1. The van der Waals surface area contributed by atoms with Crippen LogP contribution in [0, 0.1) is 0 Å². The Labute approximate surface area is 143 Å². The number of benzene rings is 2. The first kappa shape index (κ1) is 16.7. The Hall–Kier alpha value is -0.640. The van der Waals surface area contributed by atoms with Gasteiger partial charge >= 0.3 is 0 Å². The van der Waals surface area contributed by atoms with Crippen molar-refractivity contribution in [3.8, 4) is 5.75 Å². The van der Waals surface area contributed by atoms with E-state index in [1.54, 1.807) is 30.3 Å². The maximum Gasteiger partial charge on any atom is 0.139 e. The van der Waals surface area contributed by atoms with Crippen molar-refractivity contribution in [3.63, 3.8) is 0 Å². The van der Waals surface area contributed by atoms with Crippen LogP contribution in [0.25, 0.3) is 0 Å². The van der Waals surface area contributed by atoms with Crippen LogP contribution in [0.15, 0.2) is 30.3 Å². The van der Waals surface area contributed by atoms with Crippen molar-refractivity contribution in [1.82, 2.24) is 0 Å². The molecule has 112 valence electrons. The lowest BCUT2D eigenvalue weighted by Gasteiger charge is -2.17. The number of ether oxygens (including phenoxy) is 1. The van der Waals surface area contributed by atoms with E-state index in [1.807, 2.05) is 6.92 Å². The molecule has 2 aromatic rings. The zero-order valence-electron chi connectivity index (χ0n) is 11.0. The van der Waals surface area contributed by atoms with Crippen LogP contribution in [-0.4, -0.2) is 11.7 Å². The highest BCUT2D eigenvalue weighted by Crippen LogP contribution is 2.38. The molecule has 21 heavy (non-hydrogen) atoms. The Morgan fingerprint density at radius 3 is 2.29 bits per heavy atom. The molecule has 0 aliphatic rings. The predicted octanol–water partition coefficient (Wildman–Crippen LogP) is 5.78. The van der Waals surface area contributed by atoms with Crippen LogP contribution >= 0.6 is 46.4 Å². The fourth-order valence-electron chi connectivity index (χ4n) is 1.91. The molecule has 0 radical (unpaired) electrons. The van der Waals surface area contributed by atoms with E-state index in [2.05, 4.69) is 0 Å². The van der Waals surface area contributed by atoms with E-state index < -0.39 is 6.10 Å². The standard InChI is InChI=1S/C15H12Cl4O2/c1-2-21-14-7-12(18)10(6-13(14)19)15(20)9-5-8(16)3-4-11(9)17/h3-7,15,20H,2H2,1H3. The molecule has 0 aliphatic carbocycles. The van der Waals surface area contributed by atoms with Gasteiger partial charge in [0, 0.05) is 27.2 Å². The van der Waals surface area contributed by atoms with Crippen molar-refractivity contribution in [1.29, 1.82) is 0 Å². The van der Waals surface area contributed by atoms with Crippen LogP contribution in [0.4, 0.5) is 0 Å². The summed E-state index contributed by atoms with van der Waals surface area (Å²) in [7, 11) is 0. The van der Waals surface area contributed by atoms with Crippen LogP contribution < -0.4 is 4.74 Å². The molecule has 1 atom stereocenters. The van der Waals surface area contributed by atoms with E-state index in [0.717, 1.165) is 0 Å². The van der Waals surface area contributed by atoms with Crippen LogP contribution in [0.3, 0.4) is 0 Å². The number of halogens is 4. The van der Waals surface area contributed by atoms with E-state index in [1.165, 1.54) is 0 Å². The van der Waals surface area contributed by atoms with Gasteiger partial charge in [-0.2, -0.15) is 0 Å². The summed E-state index contributed by atoms with van der Waals surface area (Å²) < 4.78 is 5.36. The quantitative estimate of drug-likeness (QED) is 0.743. The second-order valence-corrected chi connectivity index (χ2v) is 5.96. The lowest BCUT2D eigenvalue weighted by molar-refractivity contribution is 0.220. The molecule has 0 heterocycles. The van der Waals surface area contributed by atoms with Gasteiger partial charge in [-0.3, -0.25) is 0 Å². The molecule has 1 N–H and O–H groups in total. The van der Waals surface area contributed by atoms with Gasteiger partial charge < -0.3 is 9.84 Å². The smallest absolute Gasteiger partial charge is 0.139 e. The third-order valence-corrected chi connectivity index (χ3v) is 4.10. The number of hydrogen-bond donors (Lipinski definition) is 1. The van der Waals surface area contributed by atoms with Crippen molar-refractivity contribution >= 4 is 46.4 Å². The molecule has 0 bridgehead atoms. The highest BCUT2D eigenvalue weighted by Gasteiger charge is 2.19. The fraction of sp³-hybridized carbons (Fsp3) is 0.200. The first-order chi connectivity index (χ1) is 9.93. The first-order valence-electron chi connectivity index (χ1n) is 6.18. The van der Waals surface area contributed by atoms with Gasteiger partial charge in [-0.25, -0.2) is 0 Å². The largest absolute Gasteiger partial charge is 0.492 e. The minimum atomic E-state index is -1.03. The molecule has 1 unspecified atom stereocenters. The van der Waals surface area contributed by atoms with Crippen LogP contribution in [0.5, 0.6) is 5.75 Å². The molecule has 0 spiro atoms. The summed E-state index contributed by atoms with van der Waals surface area (Å²) in [5.41, 5.74) is 0.903. The molecule has 0 saturated carbocycles. The fourth-order valence-corrected chi connectivity index (χ4v) is 2.80. The maximum absolute atomic E-state index is 10.5. The number of rotatable bonds is 4. The van der Waals surface area contributed by atoms with Gasteiger partial charge in [0.15, 0.2) is 0 Å². The zero-order chi connectivity index (χ0) is 15.6. The predicted molar refractivity (Wildman–Crippen MR) is 88.2 cm³/mol. The molecule has 0 fully saturated rings. The minimum Gasteiger partial charge on any atom is -0.492 e. The molecule has 0 saturated heterocycles. The zero-order valence-corrected chi connectivity index (χ0v) is 14.1. The Kier molecular flexibility index (Phi) is 5.64. The van der Waals surface area contributed by atoms with E-state index in [9.17, 15) is 5.11 Å². The summed E-state index contributed by atoms with van der Waals surface area (Å²) >= 11 is 24.4. The Bertz CT molecular complexity index is 658. The van der Waals surface area contributed by atoms with Crippen LogP contribution in [0.2, 0.25) is 20.1 Å². The molecular formula is C15H12Cl4O2. The van der Waals surface area contributed by atoms with Gasteiger partial charge in [-0.05, 0) is 31.2 Å². The average molecular weight is 366 g/mol. The van der Waals surface area contributed by atoms with Gasteiger partial charge in [0.05, 0.1) is 16.7 Å². The summed E-state index contributed by atoms with van der Waals surface area (Å²) in [6, 6.07) is 8.00. The van der Waals surface area contributed by atoms with Crippen LogP contribution in [-0.2, 0) is 0 Å². The lowest BCUT2D eigenvalue weighted by Crippen LogP contribution is -2.03. The van der Waals surface area contributed by atoms with Crippen molar-refractivity contribution in [2.75, 3.05) is 6.61 Å². The average Bonchev–Trinajstić information content (AvgIpc) is 2.44. The molecule has 0 aliphatic heterocycles. The van der Waals surface area contributed by atoms with Crippen LogP contribution in [0.1, 0.15) is 24.2 Å². The van der Waals surface area contributed by atoms with E-state index in [0.29, 0.717) is 43.6 Å². The normalized spacial score (nSPS) is 12.3. The first-order valence-corrected chi connectivity index (χ1v) is 7.70. The highest BCUT2D eigenvalue weighted by atomic mass is 35.5. The molecule has 2 rings (SSSR count). The number of aliphatic hydroxyl groups excluding tert-OH is 1. The Balaban J connectivity index is 2.46. The Morgan fingerprint density at radius 2 is 1.62 bits per heavy atom. The van der Waals surface area contributed by atoms with Crippen molar-refractivity contribution < 1.29 is 9.84 Å². The summed E-state index contributed by atoms with van der Waals surface area (Å²) in [4.78, 5) is 0. The monoisotopic (exact) mass is 364 g/mol. The third-order valence-electron chi connectivity index (χ3n) is 2.90. The van der Waals surface area contributed by atoms with Crippen molar-refractivity contribution in [2.45, 2.75) is 13.0 Å². The minimum absolute atomic E-state index is 0.339. The van der Waals surface area contributed by atoms with Crippen molar-refractivity contribution in [3.05, 3.63) is 61.5 Å². The molecule has 2 nitrogen and oxygen atoms in total. The van der Waals surface area contributed by atoms with Crippen molar-refractivity contribution in [2.24, 2.45) is 0 Å². The molecule has 0 amide bonds.